The van der Waals surface area contributed by atoms with E-state index < -0.39 is 27.3 Å². The fraction of sp³-hybridized carbons (Fsp3) is 0.515. The molecule has 11 heteroatoms. The maximum Gasteiger partial charge on any atom is 0.306 e. The molecular weight excluding hydrogens is 604 g/mol. The molecule has 6 rings (SSSR count). The molecule has 1 fully saturated rings. The summed E-state index contributed by atoms with van der Waals surface area (Å²) in [4.78, 5) is 26.6. The highest BCUT2D eigenvalue weighted by atomic mass is 35.5. The Morgan fingerprint density at radius 3 is 2.80 bits per heavy atom. The minimum absolute atomic E-state index is 0.0208. The zero-order valence-electron chi connectivity index (χ0n) is 24.7. The molecule has 2 N–H and O–H groups in total. The van der Waals surface area contributed by atoms with Gasteiger partial charge in [-0.25, -0.2) is 13.1 Å². The third kappa shape index (κ3) is 6.56. The van der Waals surface area contributed by atoms with Gasteiger partial charge in [0.25, 0.3) is 5.91 Å². The number of benzene rings is 2. The highest BCUT2D eigenvalue weighted by Gasteiger charge is 2.44. The Morgan fingerprint density at radius 2 is 2.00 bits per heavy atom. The molecule has 2 aliphatic carbocycles. The highest BCUT2D eigenvalue weighted by molar-refractivity contribution is 7.90. The lowest BCUT2D eigenvalue weighted by molar-refractivity contribution is -0.137. The number of allylic oxidation sites excluding steroid dienone is 2. The molecule has 2 aromatic rings. The largest absolute Gasteiger partial charge is 0.491 e. The fourth-order valence-corrected chi connectivity index (χ4v) is 8.42. The number of carbonyl (C=O) groups excluding carboxylic acids is 1. The maximum absolute atomic E-state index is 13.2. The number of carboxylic acid groups (broad SMARTS) is 1. The van der Waals surface area contributed by atoms with Gasteiger partial charge in [0, 0.05) is 24.1 Å². The smallest absolute Gasteiger partial charge is 0.306 e. The summed E-state index contributed by atoms with van der Waals surface area (Å²) >= 11 is 6.60. The van der Waals surface area contributed by atoms with E-state index in [9.17, 15) is 18.0 Å². The van der Waals surface area contributed by atoms with Gasteiger partial charge >= 0.3 is 5.97 Å². The summed E-state index contributed by atoms with van der Waals surface area (Å²) in [5.41, 5.74) is 2.90. The van der Waals surface area contributed by atoms with E-state index in [0.717, 1.165) is 61.9 Å². The molecule has 2 heterocycles. The predicted octanol–water partition coefficient (Wildman–Crippen LogP) is 5.49. The summed E-state index contributed by atoms with van der Waals surface area (Å²) in [6.45, 7) is 1.87. The van der Waals surface area contributed by atoms with Gasteiger partial charge in [0.15, 0.2) is 0 Å². The lowest BCUT2D eigenvalue weighted by Gasteiger charge is -2.44. The SMILES string of the molecule is O=C(O)CCOc1cc2c(cc1Cl)CCC[C@]21COc2ccc3cc2N(C[C@@H]2CC[C@@H]2C/C=C/CCCS(=O)(=O)NC3=O)C1. The quantitative estimate of drug-likeness (QED) is 0.420. The summed E-state index contributed by atoms with van der Waals surface area (Å²) in [6, 6.07) is 9.08. The molecule has 2 aliphatic heterocycles. The number of anilines is 1. The van der Waals surface area contributed by atoms with Gasteiger partial charge in [-0.05, 0) is 105 Å². The number of nitrogens with zero attached hydrogens (tertiary/aromatic N) is 1. The first-order chi connectivity index (χ1) is 21.1. The van der Waals surface area contributed by atoms with E-state index in [0.29, 0.717) is 54.4 Å². The molecule has 44 heavy (non-hydrogen) atoms. The first kappa shape index (κ1) is 30.8. The number of fused-ring (bicyclic) bond motifs is 4. The Kier molecular flexibility index (Phi) is 8.84. The summed E-state index contributed by atoms with van der Waals surface area (Å²) < 4.78 is 40.0. The first-order valence-corrected chi connectivity index (χ1v) is 17.5. The Bertz CT molecular complexity index is 1580. The van der Waals surface area contributed by atoms with Crippen molar-refractivity contribution in [1.29, 1.82) is 0 Å². The van der Waals surface area contributed by atoms with Crippen molar-refractivity contribution in [2.45, 2.75) is 63.2 Å². The van der Waals surface area contributed by atoms with Crippen molar-refractivity contribution in [1.82, 2.24) is 4.72 Å². The number of rotatable bonds is 4. The van der Waals surface area contributed by atoms with Crippen LogP contribution in [0.5, 0.6) is 11.5 Å². The van der Waals surface area contributed by atoms with Crippen molar-refractivity contribution in [3.63, 3.8) is 0 Å². The average molecular weight is 643 g/mol. The van der Waals surface area contributed by atoms with Crippen LogP contribution in [0.4, 0.5) is 5.69 Å². The van der Waals surface area contributed by atoms with Crippen LogP contribution in [0.25, 0.3) is 0 Å². The van der Waals surface area contributed by atoms with Gasteiger partial charge in [-0.3, -0.25) is 9.59 Å². The van der Waals surface area contributed by atoms with Crippen molar-refractivity contribution in [2.75, 3.05) is 37.0 Å². The van der Waals surface area contributed by atoms with Gasteiger partial charge in [-0.2, -0.15) is 0 Å². The topological polar surface area (TPSA) is 122 Å². The van der Waals surface area contributed by atoms with Crippen LogP contribution in [0.15, 0.2) is 42.5 Å². The Hall–Kier alpha value is -3.24. The van der Waals surface area contributed by atoms with Gasteiger partial charge in [0.1, 0.15) is 11.5 Å². The number of carboxylic acids is 1. The van der Waals surface area contributed by atoms with E-state index in [4.69, 9.17) is 26.2 Å². The average Bonchev–Trinajstić information content (AvgIpc) is 3.11. The van der Waals surface area contributed by atoms with Crippen LogP contribution in [-0.4, -0.2) is 57.5 Å². The molecule has 1 spiro atoms. The number of aryl methyl sites for hydroxylation is 1. The molecule has 0 unspecified atom stereocenters. The highest BCUT2D eigenvalue weighted by Crippen LogP contribution is 2.48. The van der Waals surface area contributed by atoms with E-state index in [2.05, 4.69) is 21.8 Å². The Morgan fingerprint density at radius 1 is 1.16 bits per heavy atom. The summed E-state index contributed by atoms with van der Waals surface area (Å²) in [7, 11) is -3.77. The summed E-state index contributed by atoms with van der Waals surface area (Å²) in [5, 5.41) is 9.56. The minimum Gasteiger partial charge on any atom is -0.491 e. The van der Waals surface area contributed by atoms with E-state index in [1.165, 1.54) is 0 Å². The van der Waals surface area contributed by atoms with Gasteiger partial charge in [0.05, 0.1) is 36.1 Å². The van der Waals surface area contributed by atoms with Crippen LogP contribution in [0.3, 0.4) is 0 Å². The van der Waals surface area contributed by atoms with E-state index in [1.807, 2.05) is 12.1 Å². The van der Waals surface area contributed by atoms with Gasteiger partial charge < -0.3 is 19.5 Å². The molecule has 0 saturated heterocycles. The number of hydrogen-bond donors (Lipinski definition) is 2. The number of amides is 1. The van der Waals surface area contributed by atoms with Crippen molar-refractivity contribution in [2.24, 2.45) is 11.8 Å². The molecule has 4 aliphatic rings. The number of carbonyl (C=O) groups is 2. The molecule has 9 nitrogen and oxygen atoms in total. The van der Waals surface area contributed by atoms with Crippen LogP contribution in [0.1, 0.15) is 72.9 Å². The zero-order valence-corrected chi connectivity index (χ0v) is 26.3. The van der Waals surface area contributed by atoms with Gasteiger partial charge in [-0.15, -0.1) is 0 Å². The number of hydrogen-bond acceptors (Lipinski definition) is 7. The monoisotopic (exact) mass is 642 g/mol. The Balaban J connectivity index is 1.38. The Labute approximate surface area is 263 Å². The summed E-state index contributed by atoms with van der Waals surface area (Å²) in [6.07, 6.45) is 11.2. The van der Waals surface area contributed by atoms with Crippen molar-refractivity contribution in [3.05, 3.63) is 64.2 Å². The maximum atomic E-state index is 13.2. The second kappa shape index (κ2) is 12.6. The molecule has 0 aromatic heterocycles. The third-order valence-corrected chi connectivity index (χ3v) is 11.2. The second-order valence-corrected chi connectivity index (χ2v) is 14.9. The van der Waals surface area contributed by atoms with Crippen LogP contribution >= 0.6 is 11.6 Å². The zero-order chi connectivity index (χ0) is 30.9. The molecule has 1 saturated carbocycles. The molecule has 1 amide bonds. The number of nitrogens with one attached hydrogen (secondary N) is 1. The standard InChI is InChI=1S/C33H39ClN2O7S/c34-27-16-23-7-5-13-33(26(23)18-30(27)42-14-12-31(37)38)20-36-19-25-9-8-22(25)6-3-1-2-4-15-44(40,41)35-32(39)24-10-11-29(43-21-33)28(36)17-24/h1,3,10-11,16-18,22,25H,2,4-9,12-15,19-21H2,(H,35,39)(H,37,38)/b3-1+/t22-,25-,33-/m0/s1. The minimum atomic E-state index is -3.77. The molecular formula is C33H39ClN2O7S. The number of sulfonamides is 1. The third-order valence-electron chi connectivity index (χ3n) is 9.63. The molecule has 0 radical (unpaired) electrons. The van der Waals surface area contributed by atoms with Crippen molar-refractivity contribution in [3.8, 4) is 11.5 Å². The second-order valence-electron chi connectivity index (χ2n) is 12.6. The van der Waals surface area contributed by atoms with Gasteiger partial charge in [0.2, 0.25) is 10.0 Å². The lowest BCUT2D eigenvalue weighted by Crippen LogP contribution is -2.48. The molecule has 236 valence electrons. The van der Waals surface area contributed by atoms with Crippen molar-refractivity contribution >= 4 is 39.2 Å². The molecule has 3 atom stereocenters. The predicted molar refractivity (Wildman–Crippen MR) is 168 cm³/mol. The van der Waals surface area contributed by atoms with Crippen LogP contribution in [0.2, 0.25) is 5.02 Å². The van der Waals surface area contributed by atoms with Crippen LogP contribution in [-0.2, 0) is 26.7 Å². The molecule has 2 aromatic carbocycles. The number of aliphatic carboxylic acids is 1. The van der Waals surface area contributed by atoms with Crippen LogP contribution < -0.4 is 19.1 Å². The number of halogens is 1. The molecule has 2 bridgehead atoms. The lowest BCUT2D eigenvalue weighted by atomic mass is 9.69. The van der Waals surface area contributed by atoms with E-state index in [-0.39, 0.29) is 24.3 Å². The summed E-state index contributed by atoms with van der Waals surface area (Å²) in [5.74, 6) is 0.473. The van der Waals surface area contributed by atoms with Crippen LogP contribution in [0, 0.1) is 11.8 Å². The van der Waals surface area contributed by atoms with E-state index >= 15 is 0 Å². The van der Waals surface area contributed by atoms with E-state index in [1.54, 1.807) is 18.2 Å². The van der Waals surface area contributed by atoms with Gasteiger partial charge in [-0.1, -0.05) is 23.8 Å². The number of ether oxygens (including phenoxy) is 2. The fourth-order valence-electron chi connectivity index (χ4n) is 7.13. The first-order valence-electron chi connectivity index (χ1n) is 15.5. The normalized spacial score (nSPS) is 27.0. The van der Waals surface area contributed by atoms with Crippen molar-refractivity contribution < 1.29 is 32.6 Å².